The number of nitrogens with zero attached hydrogens (tertiary/aromatic N) is 2. The smallest absolute Gasteiger partial charge is 0.204 e. The second-order valence-electron chi connectivity index (χ2n) is 16.5. The van der Waals surface area contributed by atoms with Crippen LogP contribution in [0.25, 0.3) is 21.9 Å². The summed E-state index contributed by atoms with van der Waals surface area (Å²) >= 11 is 0. The summed E-state index contributed by atoms with van der Waals surface area (Å²) in [5.41, 5.74) is 26.8. The van der Waals surface area contributed by atoms with Gasteiger partial charge in [0.25, 0.3) is 0 Å². The Kier molecular flexibility index (Phi) is 24.3. The van der Waals surface area contributed by atoms with Crippen molar-refractivity contribution in [3.05, 3.63) is 56.8 Å². The Bertz CT molecular complexity index is 1800. The predicted octanol–water partition coefficient (Wildman–Crippen LogP) is 7.56. The van der Waals surface area contributed by atoms with Gasteiger partial charge in [0, 0.05) is 23.3 Å². The molecule has 0 saturated carbocycles. The molecule has 0 aliphatic carbocycles. The van der Waals surface area contributed by atoms with E-state index in [-0.39, 0.29) is 22.1 Å². The molecule has 0 amide bonds. The number of phenolic OH excluding ortho intramolecular Hbond substituents is 1. The molecule has 9 N–H and O–H groups in total. The summed E-state index contributed by atoms with van der Waals surface area (Å²) in [6.07, 6.45) is 17.0. The average molecular weight is 837 g/mol. The van der Waals surface area contributed by atoms with E-state index in [0.29, 0.717) is 91.6 Å². The molecule has 3 aromatic rings. The second-order valence-corrected chi connectivity index (χ2v) is 16.5. The summed E-state index contributed by atoms with van der Waals surface area (Å²) < 4.78 is 25.4. The number of methoxy groups -OCH3 is 1. The minimum atomic E-state index is -0.315. The Labute approximate surface area is 360 Å². The minimum Gasteiger partial charge on any atom is -0.507 e. The molecule has 0 aliphatic heterocycles. The van der Waals surface area contributed by atoms with Crippen molar-refractivity contribution >= 4 is 21.9 Å². The fourth-order valence-corrected chi connectivity index (χ4v) is 7.50. The quantitative estimate of drug-likeness (QED) is 0.0231. The number of unbranched alkanes of at least 4 members (excludes halogenated alkanes) is 6. The van der Waals surface area contributed by atoms with Crippen molar-refractivity contribution in [1.29, 1.82) is 0 Å². The van der Waals surface area contributed by atoms with Crippen LogP contribution in [0.3, 0.4) is 0 Å². The van der Waals surface area contributed by atoms with Crippen molar-refractivity contribution < 1.29 is 23.7 Å². The number of allylic oxidation sites excluding steroid dienone is 4. The first kappa shape index (κ1) is 50.7. The Morgan fingerprint density at radius 2 is 1.00 bits per heavy atom. The van der Waals surface area contributed by atoms with Gasteiger partial charge in [-0.05, 0) is 183 Å². The molecule has 12 nitrogen and oxygen atoms in total. The Balaban J connectivity index is 1.94. The first-order chi connectivity index (χ1) is 29.1. The van der Waals surface area contributed by atoms with Gasteiger partial charge in [0.15, 0.2) is 11.5 Å². The van der Waals surface area contributed by atoms with Gasteiger partial charge in [0.1, 0.15) is 28.1 Å². The molecule has 2 aromatic carbocycles. The molecular weight excluding hydrogens is 757 g/mol. The van der Waals surface area contributed by atoms with Crippen molar-refractivity contribution in [1.82, 2.24) is 9.80 Å². The average Bonchev–Trinajstić information content (AvgIpc) is 3.21. The summed E-state index contributed by atoms with van der Waals surface area (Å²) in [5.74, 6) is 1.42. The van der Waals surface area contributed by atoms with Gasteiger partial charge in [-0.15, -0.1) is 0 Å². The lowest BCUT2D eigenvalue weighted by Gasteiger charge is -2.22. The highest BCUT2D eigenvalue weighted by molar-refractivity contribution is 5.98. The fourth-order valence-electron chi connectivity index (χ4n) is 7.50. The zero-order valence-corrected chi connectivity index (χ0v) is 37.9. The number of phenols is 1. The molecule has 3 rings (SSSR count). The zero-order chi connectivity index (χ0) is 43.7. The van der Waals surface area contributed by atoms with Crippen LogP contribution in [-0.2, 0) is 12.8 Å². The molecule has 0 unspecified atom stereocenters. The summed E-state index contributed by atoms with van der Waals surface area (Å²) in [6.45, 7) is 17.9. The molecular formula is C48H80N6O6. The van der Waals surface area contributed by atoms with Gasteiger partial charge in [-0.3, -0.25) is 4.79 Å². The minimum absolute atomic E-state index is 0.116. The third kappa shape index (κ3) is 16.7. The SMILES string of the molecule is COc1c(OCCCCN(CCCCN)CCCCN)cc2oc3cc(OCCCCN(CCCCN)CCCCN)c(CC=C(C)C)c(O)c3c(=O)c2c1CC=C(C)C. The summed E-state index contributed by atoms with van der Waals surface area (Å²) in [6, 6.07) is 3.53. The lowest BCUT2D eigenvalue weighted by Crippen LogP contribution is -2.28. The molecule has 0 aliphatic rings. The number of nitrogens with two attached hydrogens (primary N) is 4. The number of hydrogen-bond acceptors (Lipinski definition) is 12. The van der Waals surface area contributed by atoms with Crippen LogP contribution in [0.1, 0.15) is 116 Å². The molecule has 60 heavy (non-hydrogen) atoms. The van der Waals surface area contributed by atoms with Crippen LogP contribution in [0, 0.1) is 0 Å². The van der Waals surface area contributed by atoms with Crippen LogP contribution in [0.15, 0.2) is 44.6 Å². The fraction of sp³-hybridized carbons (Fsp3) is 0.646. The highest BCUT2D eigenvalue weighted by Gasteiger charge is 2.24. The van der Waals surface area contributed by atoms with Gasteiger partial charge >= 0.3 is 0 Å². The van der Waals surface area contributed by atoms with E-state index in [1.165, 1.54) is 0 Å². The standard InChI is InChI=1S/C48H80N6O6/c1-36(2)18-20-38-40(58-32-16-14-30-53(26-10-6-22-49)27-11-7-23-50)34-42-45(46(38)55)47(56)44-39(21-19-37(3)4)48(57-5)43(35-41(44)60-42)59-33-17-15-31-54(28-12-8-24-51)29-13-9-25-52/h18-19,34-35,55H,6-17,20-33,49-52H2,1-5H3. The van der Waals surface area contributed by atoms with Gasteiger partial charge < -0.3 is 56.5 Å². The normalized spacial score (nSPS) is 11.6. The molecule has 0 radical (unpaired) electrons. The first-order valence-corrected chi connectivity index (χ1v) is 22.7. The van der Waals surface area contributed by atoms with Crippen molar-refractivity contribution in [3.63, 3.8) is 0 Å². The van der Waals surface area contributed by atoms with E-state index < -0.39 is 0 Å². The van der Waals surface area contributed by atoms with Crippen LogP contribution < -0.4 is 42.6 Å². The van der Waals surface area contributed by atoms with Crippen molar-refractivity contribution in [2.24, 2.45) is 22.9 Å². The number of hydrogen-bond donors (Lipinski definition) is 5. The van der Waals surface area contributed by atoms with Crippen LogP contribution in [0.2, 0.25) is 0 Å². The molecule has 0 saturated heterocycles. The van der Waals surface area contributed by atoms with E-state index in [9.17, 15) is 9.90 Å². The molecule has 0 fully saturated rings. The molecule has 1 aromatic heterocycles. The van der Waals surface area contributed by atoms with E-state index >= 15 is 0 Å². The predicted molar refractivity (Wildman–Crippen MR) is 250 cm³/mol. The summed E-state index contributed by atoms with van der Waals surface area (Å²) in [7, 11) is 1.60. The van der Waals surface area contributed by atoms with Crippen LogP contribution in [0.4, 0.5) is 0 Å². The maximum atomic E-state index is 14.6. The third-order valence-electron chi connectivity index (χ3n) is 10.9. The Morgan fingerprint density at radius 1 is 0.600 bits per heavy atom. The second kappa shape index (κ2) is 28.8. The highest BCUT2D eigenvalue weighted by atomic mass is 16.5. The van der Waals surface area contributed by atoms with Crippen molar-refractivity contribution in [2.45, 2.75) is 118 Å². The van der Waals surface area contributed by atoms with Gasteiger partial charge in [0.05, 0.1) is 25.7 Å². The number of fused-ring (bicyclic) bond motifs is 2. The molecule has 0 bridgehead atoms. The van der Waals surface area contributed by atoms with Crippen molar-refractivity contribution in [2.75, 3.05) is 85.8 Å². The van der Waals surface area contributed by atoms with E-state index in [1.54, 1.807) is 19.2 Å². The van der Waals surface area contributed by atoms with E-state index in [0.717, 1.165) is 127 Å². The largest absolute Gasteiger partial charge is 0.507 e. The number of benzene rings is 2. The zero-order valence-electron chi connectivity index (χ0n) is 37.9. The van der Waals surface area contributed by atoms with E-state index in [1.807, 2.05) is 33.8 Å². The third-order valence-corrected chi connectivity index (χ3v) is 10.9. The summed E-state index contributed by atoms with van der Waals surface area (Å²) in [5, 5.41) is 12.4. The number of aromatic hydroxyl groups is 1. The maximum absolute atomic E-state index is 14.6. The molecule has 338 valence electrons. The van der Waals surface area contributed by atoms with Gasteiger partial charge in [-0.1, -0.05) is 23.3 Å². The Morgan fingerprint density at radius 3 is 1.43 bits per heavy atom. The highest BCUT2D eigenvalue weighted by Crippen LogP contribution is 2.42. The van der Waals surface area contributed by atoms with Gasteiger partial charge in [-0.25, -0.2) is 0 Å². The van der Waals surface area contributed by atoms with Crippen LogP contribution >= 0.6 is 0 Å². The van der Waals surface area contributed by atoms with Gasteiger partial charge in [0.2, 0.25) is 5.43 Å². The molecule has 12 heteroatoms. The lowest BCUT2D eigenvalue weighted by molar-refractivity contribution is 0.239. The van der Waals surface area contributed by atoms with Gasteiger partial charge in [-0.2, -0.15) is 0 Å². The number of ether oxygens (including phenoxy) is 3. The Hall–Kier alpha value is -3.65. The van der Waals surface area contributed by atoms with Crippen LogP contribution in [0.5, 0.6) is 23.0 Å². The topological polar surface area (TPSA) is 189 Å². The van der Waals surface area contributed by atoms with Crippen molar-refractivity contribution in [3.8, 4) is 23.0 Å². The molecule has 0 atom stereocenters. The maximum Gasteiger partial charge on any atom is 0.204 e. The van der Waals surface area contributed by atoms with E-state index in [2.05, 4.69) is 15.9 Å². The van der Waals surface area contributed by atoms with Crippen LogP contribution in [-0.4, -0.2) is 101 Å². The van der Waals surface area contributed by atoms with E-state index in [4.69, 9.17) is 41.6 Å². The summed E-state index contributed by atoms with van der Waals surface area (Å²) in [4.78, 5) is 19.6. The number of rotatable bonds is 33. The first-order valence-electron chi connectivity index (χ1n) is 22.7. The molecule has 1 heterocycles. The lowest BCUT2D eigenvalue weighted by atomic mass is 9.98. The monoisotopic (exact) mass is 837 g/mol. The molecule has 0 spiro atoms.